The van der Waals surface area contributed by atoms with Gasteiger partial charge in [0.15, 0.2) is 0 Å². The van der Waals surface area contributed by atoms with Gasteiger partial charge in [-0.15, -0.1) is 0 Å². The third-order valence-electron chi connectivity index (χ3n) is 10.2. The molecule has 5 nitrogen and oxygen atoms in total. The van der Waals surface area contributed by atoms with Gasteiger partial charge in [0.2, 0.25) is 5.91 Å². The van der Waals surface area contributed by atoms with Crippen LogP contribution < -0.4 is 5.32 Å². The molecule has 0 aromatic carbocycles. The summed E-state index contributed by atoms with van der Waals surface area (Å²) >= 11 is 0. The van der Waals surface area contributed by atoms with Gasteiger partial charge >= 0.3 is 0 Å². The molecule has 4 N–H and O–H groups in total. The highest BCUT2D eigenvalue weighted by Gasteiger charge is 2.23. The number of hydrogen-bond acceptors (Lipinski definition) is 4. The van der Waals surface area contributed by atoms with Crippen molar-refractivity contribution in [1.82, 2.24) is 5.32 Å². The quantitative estimate of drug-likeness (QED) is 0.0491. The fourth-order valence-corrected chi connectivity index (χ4v) is 6.84. The Morgan fingerprint density at radius 1 is 0.426 bits per heavy atom. The lowest BCUT2D eigenvalue weighted by Crippen LogP contribution is -2.49. The van der Waals surface area contributed by atoms with E-state index >= 15 is 0 Å². The molecule has 0 saturated carbocycles. The average Bonchev–Trinajstić information content (AvgIpc) is 3.07. The van der Waals surface area contributed by atoms with Crippen molar-refractivity contribution in [3.05, 3.63) is 0 Å². The topological polar surface area (TPSA) is 89.8 Å². The van der Waals surface area contributed by atoms with Crippen LogP contribution in [0.15, 0.2) is 0 Å². The van der Waals surface area contributed by atoms with Gasteiger partial charge in [0.05, 0.1) is 18.8 Å². The third kappa shape index (κ3) is 33.6. The van der Waals surface area contributed by atoms with Crippen LogP contribution in [0.3, 0.4) is 0 Å². The van der Waals surface area contributed by atoms with Crippen molar-refractivity contribution in [3.8, 4) is 0 Å². The van der Waals surface area contributed by atoms with Crippen LogP contribution in [0.4, 0.5) is 0 Å². The van der Waals surface area contributed by atoms with Crippen LogP contribution >= 0.6 is 0 Å². The Labute approximate surface area is 294 Å². The summed E-state index contributed by atoms with van der Waals surface area (Å²) in [4.78, 5) is 12.4. The molecule has 282 valence electrons. The van der Waals surface area contributed by atoms with E-state index in [9.17, 15) is 20.1 Å². The van der Waals surface area contributed by atoms with Crippen LogP contribution in [0.25, 0.3) is 0 Å². The molecule has 0 radical (unpaired) electrons. The molecule has 0 rings (SSSR count). The molecule has 47 heavy (non-hydrogen) atoms. The van der Waals surface area contributed by atoms with Gasteiger partial charge in [-0.3, -0.25) is 4.79 Å². The zero-order valence-corrected chi connectivity index (χ0v) is 31.9. The maximum atomic E-state index is 12.4. The van der Waals surface area contributed by atoms with Crippen molar-refractivity contribution in [1.29, 1.82) is 0 Å². The summed E-state index contributed by atoms with van der Waals surface area (Å²) in [6.07, 6.45) is 42.5. The van der Waals surface area contributed by atoms with E-state index < -0.39 is 24.2 Å². The number of carbonyl (C=O) groups excluding carboxylic acids is 1. The molecular weight excluding hydrogens is 582 g/mol. The lowest BCUT2D eigenvalue weighted by atomic mass is 10.0. The van der Waals surface area contributed by atoms with Crippen molar-refractivity contribution in [2.24, 2.45) is 0 Å². The summed E-state index contributed by atoms with van der Waals surface area (Å²) in [5, 5.41) is 33.2. The Bertz CT molecular complexity index is 615. The molecule has 0 aromatic rings. The van der Waals surface area contributed by atoms with E-state index in [1.165, 1.54) is 180 Å². The summed E-state index contributed by atoms with van der Waals surface area (Å²) in [6.45, 7) is 4.23. The summed E-state index contributed by atoms with van der Waals surface area (Å²) in [7, 11) is 0. The monoisotopic (exact) mass is 668 g/mol. The summed E-state index contributed by atoms with van der Waals surface area (Å²) in [6, 6.07) is -0.704. The van der Waals surface area contributed by atoms with E-state index in [0.29, 0.717) is 12.8 Å². The van der Waals surface area contributed by atoms with Gasteiger partial charge in [0, 0.05) is 0 Å². The first-order chi connectivity index (χ1) is 23.1. The van der Waals surface area contributed by atoms with Gasteiger partial charge in [-0.1, -0.05) is 226 Å². The molecule has 0 aliphatic heterocycles. The molecular formula is C42H85NO4. The van der Waals surface area contributed by atoms with Gasteiger partial charge in [-0.25, -0.2) is 0 Å². The zero-order chi connectivity index (χ0) is 34.5. The van der Waals surface area contributed by atoms with E-state index in [0.717, 1.165) is 32.1 Å². The van der Waals surface area contributed by atoms with Gasteiger partial charge in [-0.2, -0.15) is 0 Å². The van der Waals surface area contributed by atoms with Crippen LogP contribution in [-0.4, -0.2) is 46.1 Å². The minimum absolute atomic E-state index is 0.308. The predicted molar refractivity (Wildman–Crippen MR) is 204 cm³/mol. The van der Waals surface area contributed by atoms with Gasteiger partial charge in [-0.05, 0) is 12.8 Å². The Morgan fingerprint density at radius 3 is 0.957 bits per heavy atom. The van der Waals surface area contributed by atoms with Crippen molar-refractivity contribution >= 4 is 5.91 Å². The summed E-state index contributed by atoms with van der Waals surface area (Å²) in [5.41, 5.74) is 0. The van der Waals surface area contributed by atoms with Crippen molar-refractivity contribution in [2.75, 3.05) is 6.61 Å². The van der Waals surface area contributed by atoms with Gasteiger partial charge in [0.1, 0.15) is 6.10 Å². The zero-order valence-electron chi connectivity index (χ0n) is 31.9. The third-order valence-corrected chi connectivity index (χ3v) is 10.2. The molecule has 0 aromatic heterocycles. The number of hydrogen-bond donors (Lipinski definition) is 4. The molecule has 0 saturated heterocycles. The highest BCUT2D eigenvalue weighted by Crippen LogP contribution is 2.17. The van der Waals surface area contributed by atoms with E-state index in [-0.39, 0.29) is 6.61 Å². The molecule has 3 unspecified atom stereocenters. The molecule has 0 bridgehead atoms. The standard InChI is InChI=1S/C42H85NO4/c1-3-5-7-9-11-13-15-16-17-18-19-20-21-22-23-24-25-27-28-30-32-34-36-40(45)39(38-44)43-42(47)41(46)37-35-33-31-29-26-14-12-10-8-6-4-2/h39-41,44-46H,3-38H2,1-2H3,(H,43,47). The molecule has 0 aliphatic carbocycles. The fraction of sp³-hybridized carbons (Fsp3) is 0.976. The SMILES string of the molecule is CCCCCCCCCCCCCCCCCCCCCCCCC(O)C(CO)NC(=O)C(O)CCCCCCCCCCCCC. The lowest BCUT2D eigenvalue weighted by Gasteiger charge is -2.23. The second-order valence-corrected chi connectivity index (χ2v) is 14.9. The Morgan fingerprint density at radius 2 is 0.681 bits per heavy atom. The largest absolute Gasteiger partial charge is 0.394 e. The molecule has 0 spiro atoms. The van der Waals surface area contributed by atoms with E-state index in [1.807, 2.05) is 0 Å². The molecule has 1 amide bonds. The number of amides is 1. The number of unbranched alkanes of at least 4 members (excludes halogenated alkanes) is 31. The average molecular weight is 668 g/mol. The fourth-order valence-electron chi connectivity index (χ4n) is 6.84. The number of aliphatic hydroxyl groups excluding tert-OH is 3. The second-order valence-electron chi connectivity index (χ2n) is 14.9. The maximum Gasteiger partial charge on any atom is 0.249 e. The lowest BCUT2D eigenvalue weighted by molar-refractivity contribution is -0.131. The smallest absolute Gasteiger partial charge is 0.249 e. The van der Waals surface area contributed by atoms with Crippen LogP contribution in [0.5, 0.6) is 0 Å². The second kappa shape index (κ2) is 38.2. The van der Waals surface area contributed by atoms with Crippen LogP contribution in [0, 0.1) is 0 Å². The van der Waals surface area contributed by atoms with Crippen molar-refractivity contribution in [3.63, 3.8) is 0 Å². The van der Waals surface area contributed by atoms with Crippen molar-refractivity contribution < 1.29 is 20.1 Å². The maximum absolute atomic E-state index is 12.4. The van der Waals surface area contributed by atoms with Crippen molar-refractivity contribution in [2.45, 2.75) is 257 Å². The highest BCUT2D eigenvalue weighted by atomic mass is 16.3. The van der Waals surface area contributed by atoms with E-state index in [1.54, 1.807) is 0 Å². The first-order valence-electron chi connectivity index (χ1n) is 21.3. The molecule has 3 atom stereocenters. The van der Waals surface area contributed by atoms with Crippen LogP contribution in [0.2, 0.25) is 0 Å². The highest BCUT2D eigenvalue weighted by molar-refractivity contribution is 5.80. The van der Waals surface area contributed by atoms with Crippen LogP contribution in [0.1, 0.15) is 239 Å². The minimum atomic E-state index is -1.07. The van der Waals surface area contributed by atoms with E-state index in [4.69, 9.17) is 0 Å². The first kappa shape index (κ1) is 46.4. The molecule has 5 heteroatoms. The minimum Gasteiger partial charge on any atom is -0.394 e. The van der Waals surface area contributed by atoms with Gasteiger partial charge < -0.3 is 20.6 Å². The Kier molecular flexibility index (Phi) is 37.6. The summed E-state index contributed by atoms with van der Waals surface area (Å²) < 4.78 is 0. The van der Waals surface area contributed by atoms with Crippen LogP contribution in [-0.2, 0) is 4.79 Å². The first-order valence-corrected chi connectivity index (χ1v) is 21.3. The van der Waals surface area contributed by atoms with E-state index in [2.05, 4.69) is 19.2 Å². The molecule has 0 heterocycles. The number of nitrogens with one attached hydrogen (secondary N) is 1. The molecule has 0 aliphatic rings. The van der Waals surface area contributed by atoms with Gasteiger partial charge in [0.25, 0.3) is 0 Å². The number of aliphatic hydroxyl groups is 3. The summed E-state index contributed by atoms with van der Waals surface area (Å²) in [5.74, 6) is -0.468. The predicted octanol–water partition coefficient (Wildman–Crippen LogP) is 11.9. The number of rotatable bonds is 39. The normalized spacial score (nSPS) is 13.6. The molecule has 0 fully saturated rings. The Balaban J connectivity index is 3.55. The number of carbonyl (C=O) groups is 1. The Hall–Kier alpha value is -0.650.